The molecule has 6 heteroatoms. The Morgan fingerprint density at radius 1 is 0.906 bits per heavy atom. The predicted molar refractivity (Wildman–Crippen MR) is 124 cm³/mol. The molecule has 1 unspecified atom stereocenters. The van der Waals surface area contributed by atoms with Crippen molar-refractivity contribution in [1.29, 1.82) is 0 Å². The quantitative estimate of drug-likeness (QED) is 0.694. The van der Waals surface area contributed by atoms with Crippen molar-refractivity contribution in [2.45, 2.75) is 50.7 Å². The third-order valence-corrected chi connectivity index (χ3v) is 6.69. The van der Waals surface area contributed by atoms with Gasteiger partial charge in [0.15, 0.2) is 0 Å². The van der Waals surface area contributed by atoms with Gasteiger partial charge in [0, 0.05) is 37.3 Å². The Hall–Kier alpha value is -2.70. The highest BCUT2D eigenvalue weighted by molar-refractivity contribution is 5.96. The maximum absolute atomic E-state index is 13.3. The van der Waals surface area contributed by atoms with Gasteiger partial charge >= 0.3 is 5.97 Å². The second kappa shape index (κ2) is 10.7. The highest BCUT2D eigenvalue weighted by atomic mass is 16.4. The minimum Gasteiger partial charge on any atom is -0.480 e. The van der Waals surface area contributed by atoms with E-state index >= 15 is 0 Å². The van der Waals surface area contributed by atoms with Gasteiger partial charge in [-0.15, -0.1) is 0 Å². The maximum atomic E-state index is 13.3. The monoisotopic (exact) mass is 435 g/mol. The van der Waals surface area contributed by atoms with Crippen molar-refractivity contribution < 1.29 is 14.7 Å². The van der Waals surface area contributed by atoms with Gasteiger partial charge in [0.1, 0.15) is 0 Å². The van der Waals surface area contributed by atoms with Crippen LogP contribution in [0.3, 0.4) is 0 Å². The minimum absolute atomic E-state index is 0.0116. The molecule has 2 fully saturated rings. The third kappa shape index (κ3) is 5.75. The SMILES string of the molecule is O=C(O)CN1CCC(NC(=O)c2ccccc2C2CCCCN2Cc2ccccc2)CC1. The number of piperidine rings is 2. The number of carbonyl (C=O) groups is 2. The van der Waals surface area contributed by atoms with E-state index in [2.05, 4.69) is 40.5 Å². The molecule has 32 heavy (non-hydrogen) atoms. The topological polar surface area (TPSA) is 72.9 Å². The van der Waals surface area contributed by atoms with Crippen LogP contribution in [0.5, 0.6) is 0 Å². The summed E-state index contributed by atoms with van der Waals surface area (Å²) in [4.78, 5) is 28.6. The van der Waals surface area contributed by atoms with E-state index in [1.807, 2.05) is 29.2 Å². The normalized spacial score (nSPS) is 20.7. The number of nitrogens with zero attached hydrogens (tertiary/aromatic N) is 2. The van der Waals surface area contributed by atoms with Crippen LogP contribution in [0.1, 0.15) is 59.6 Å². The Morgan fingerprint density at radius 3 is 2.38 bits per heavy atom. The first-order chi connectivity index (χ1) is 15.6. The summed E-state index contributed by atoms with van der Waals surface area (Å²) >= 11 is 0. The lowest BCUT2D eigenvalue weighted by Crippen LogP contribution is -2.46. The molecule has 2 aromatic carbocycles. The molecule has 1 amide bonds. The maximum Gasteiger partial charge on any atom is 0.317 e. The van der Waals surface area contributed by atoms with E-state index in [4.69, 9.17) is 5.11 Å². The average Bonchev–Trinajstić information content (AvgIpc) is 2.81. The second-order valence-electron chi connectivity index (χ2n) is 8.97. The van der Waals surface area contributed by atoms with Gasteiger partial charge in [0.25, 0.3) is 5.91 Å². The van der Waals surface area contributed by atoms with Gasteiger partial charge in [-0.25, -0.2) is 0 Å². The van der Waals surface area contributed by atoms with Crippen LogP contribution >= 0.6 is 0 Å². The van der Waals surface area contributed by atoms with Crippen LogP contribution in [-0.4, -0.2) is 59.0 Å². The highest BCUT2D eigenvalue weighted by Gasteiger charge is 2.29. The van der Waals surface area contributed by atoms with Crippen molar-refractivity contribution in [2.24, 2.45) is 0 Å². The second-order valence-corrected chi connectivity index (χ2v) is 8.97. The molecule has 2 aliphatic heterocycles. The molecule has 2 heterocycles. The lowest BCUT2D eigenvalue weighted by atomic mass is 9.90. The fraction of sp³-hybridized carbons (Fsp3) is 0.462. The summed E-state index contributed by atoms with van der Waals surface area (Å²) in [6, 6.07) is 18.9. The number of carbonyl (C=O) groups excluding carboxylic acids is 1. The molecule has 0 spiro atoms. The van der Waals surface area contributed by atoms with Gasteiger partial charge in [0.05, 0.1) is 6.54 Å². The number of nitrogens with one attached hydrogen (secondary N) is 1. The Labute approximate surface area is 190 Å². The number of carboxylic acids is 1. The van der Waals surface area contributed by atoms with E-state index in [1.54, 1.807) is 0 Å². The predicted octanol–water partition coefficient (Wildman–Crippen LogP) is 3.69. The summed E-state index contributed by atoms with van der Waals surface area (Å²) < 4.78 is 0. The fourth-order valence-corrected chi connectivity index (χ4v) is 5.03. The number of hydrogen-bond donors (Lipinski definition) is 2. The zero-order valence-corrected chi connectivity index (χ0v) is 18.6. The molecule has 0 bridgehead atoms. The van der Waals surface area contributed by atoms with Crippen LogP contribution in [0, 0.1) is 0 Å². The summed E-state index contributed by atoms with van der Waals surface area (Å²) in [5.41, 5.74) is 3.18. The molecule has 2 saturated heterocycles. The van der Waals surface area contributed by atoms with Crippen molar-refractivity contribution in [3.63, 3.8) is 0 Å². The van der Waals surface area contributed by atoms with E-state index in [-0.39, 0.29) is 24.5 Å². The molecule has 0 aliphatic carbocycles. The third-order valence-electron chi connectivity index (χ3n) is 6.69. The minimum atomic E-state index is -0.797. The number of rotatable bonds is 7. The number of hydrogen-bond acceptors (Lipinski definition) is 4. The summed E-state index contributed by atoms with van der Waals surface area (Å²) in [6.45, 7) is 3.40. The van der Waals surface area contributed by atoms with Gasteiger partial charge in [-0.05, 0) is 49.4 Å². The van der Waals surface area contributed by atoms with Crippen molar-refractivity contribution in [2.75, 3.05) is 26.2 Å². The largest absolute Gasteiger partial charge is 0.480 e. The number of benzene rings is 2. The Kier molecular flexibility index (Phi) is 7.55. The van der Waals surface area contributed by atoms with Gasteiger partial charge in [0.2, 0.25) is 0 Å². The number of aliphatic carboxylic acids is 1. The molecular weight excluding hydrogens is 402 g/mol. The number of amides is 1. The van der Waals surface area contributed by atoms with Gasteiger partial charge < -0.3 is 10.4 Å². The van der Waals surface area contributed by atoms with Crippen LogP contribution in [0.25, 0.3) is 0 Å². The molecular formula is C26H33N3O3. The van der Waals surface area contributed by atoms with E-state index in [9.17, 15) is 9.59 Å². The zero-order chi connectivity index (χ0) is 22.3. The first-order valence-corrected chi connectivity index (χ1v) is 11.7. The molecule has 1 atom stereocenters. The molecule has 2 aliphatic rings. The van der Waals surface area contributed by atoms with E-state index in [0.29, 0.717) is 13.1 Å². The molecule has 2 N–H and O–H groups in total. The Morgan fingerprint density at radius 2 is 1.62 bits per heavy atom. The molecule has 2 aromatic rings. The number of carboxylic acid groups (broad SMARTS) is 1. The van der Waals surface area contributed by atoms with Crippen molar-refractivity contribution in [1.82, 2.24) is 15.1 Å². The Bertz CT molecular complexity index is 910. The van der Waals surface area contributed by atoms with E-state index in [1.165, 1.54) is 18.4 Å². The highest BCUT2D eigenvalue weighted by Crippen LogP contribution is 2.34. The van der Waals surface area contributed by atoms with E-state index < -0.39 is 5.97 Å². The molecule has 0 aromatic heterocycles. The molecule has 0 radical (unpaired) electrons. The van der Waals surface area contributed by atoms with Gasteiger partial charge in [-0.2, -0.15) is 0 Å². The van der Waals surface area contributed by atoms with Crippen LogP contribution < -0.4 is 5.32 Å². The lowest BCUT2D eigenvalue weighted by molar-refractivity contribution is -0.138. The van der Waals surface area contributed by atoms with Crippen LogP contribution in [0.15, 0.2) is 54.6 Å². The summed E-state index contributed by atoms with van der Waals surface area (Å²) in [7, 11) is 0. The van der Waals surface area contributed by atoms with Gasteiger partial charge in [-0.3, -0.25) is 19.4 Å². The van der Waals surface area contributed by atoms with Crippen LogP contribution in [0.4, 0.5) is 0 Å². The average molecular weight is 436 g/mol. The van der Waals surface area contributed by atoms with Gasteiger partial charge in [-0.1, -0.05) is 55.0 Å². The van der Waals surface area contributed by atoms with Crippen LogP contribution in [-0.2, 0) is 11.3 Å². The van der Waals surface area contributed by atoms with Crippen molar-refractivity contribution >= 4 is 11.9 Å². The summed E-state index contributed by atoms with van der Waals surface area (Å²) in [5.74, 6) is -0.809. The summed E-state index contributed by atoms with van der Waals surface area (Å²) in [5, 5.41) is 12.2. The first kappa shape index (κ1) is 22.5. The standard InChI is InChI=1S/C26H33N3O3/c30-25(31)19-28-16-13-21(14-17-28)27-26(32)23-11-5-4-10-22(23)24-12-6-7-15-29(24)18-20-8-2-1-3-9-20/h1-5,8-11,21,24H,6-7,12-19H2,(H,27,32)(H,30,31). The molecule has 170 valence electrons. The Balaban J connectivity index is 1.44. The smallest absolute Gasteiger partial charge is 0.317 e. The van der Waals surface area contributed by atoms with Crippen LogP contribution in [0.2, 0.25) is 0 Å². The number of likely N-dealkylation sites (tertiary alicyclic amines) is 2. The summed E-state index contributed by atoms with van der Waals surface area (Å²) in [6.07, 6.45) is 4.99. The van der Waals surface area contributed by atoms with Crippen molar-refractivity contribution in [3.8, 4) is 0 Å². The fourth-order valence-electron chi connectivity index (χ4n) is 5.03. The molecule has 6 nitrogen and oxygen atoms in total. The molecule has 0 saturated carbocycles. The molecule has 4 rings (SSSR count). The lowest BCUT2D eigenvalue weighted by Gasteiger charge is -2.37. The van der Waals surface area contributed by atoms with E-state index in [0.717, 1.165) is 43.5 Å². The van der Waals surface area contributed by atoms with Crippen molar-refractivity contribution in [3.05, 3.63) is 71.3 Å². The zero-order valence-electron chi connectivity index (χ0n) is 18.6. The first-order valence-electron chi connectivity index (χ1n) is 11.7.